The Morgan fingerprint density at radius 2 is 1.69 bits per heavy atom. The van der Waals surface area contributed by atoms with Crippen molar-refractivity contribution in [2.75, 3.05) is 5.32 Å². The quantitative estimate of drug-likeness (QED) is 0.462. The molecule has 0 unspecified atom stereocenters. The molecule has 0 bridgehead atoms. The lowest BCUT2D eigenvalue weighted by Crippen LogP contribution is -2.29. The number of nitrogens with zero attached hydrogens (tertiary/aromatic N) is 2. The molecule has 0 atom stereocenters. The topological polar surface area (TPSA) is 55.6 Å². The number of nitrogens with one attached hydrogen (secondary N) is 1. The Hall–Kier alpha value is -3.34. The summed E-state index contributed by atoms with van der Waals surface area (Å²) in [5.74, 6) is 0. The highest BCUT2D eigenvalue weighted by molar-refractivity contribution is 6.03. The summed E-state index contributed by atoms with van der Waals surface area (Å²) < 4.78 is 2.27. The predicted octanol–water partition coefficient (Wildman–Crippen LogP) is 5.71. The molecule has 1 N–H and O–H groups in total. The number of fused-ring (bicyclic) bond motifs is 1. The summed E-state index contributed by atoms with van der Waals surface area (Å²) >= 11 is 0. The third-order valence-electron chi connectivity index (χ3n) is 5.16. The third-order valence-corrected chi connectivity index (χ3v) is 5.16. The molecule has 1 amide bonds. The van der Waals surface area contributed by atoms with E-state index < -0.39 is 6.09 Å². The maximum atomic E-state index is 12.2. The lowest BCUT2D eigenvalue weighted by molar-refractivity contribution is 0.165. The van der Waals surface area contributed by atoms with Gasteiger partial charge in [-0.2, -0.15) is 0 Å². The summed E-state index contributed by atoms with van der Waals surface area (Å²) in [7, 11) is 0. The molecule has 1 heterocycles. The molecule has 0 saturated carbocycles. The van der Waals surface area contributed by atoms with E-state index in [1.54, 1.807) is 12.1 Å². The van der Waals surface area contributed by atoms with E-state index in [9.17, 15) is 4.79 Å². The Morgan fingerprint density at radius 1 is 1.03 bits per heavy atom. The fourth-order valence-electron chi connectivity index (χ4n) is 3.96. The van der Waals surface area contributed by atoms with Crippen molar-refractivity contribution in [1.29, 1.82) is 0 Å². The van der Waals surface area contributed by atoms with Crippen LogP contribution >= 0.6 is 0 Å². The summed E-state index contributed by atoms with van der Waals surface area (Å²) in [5, 5.41) is 6.95. The van der Waals surface area contributed by atoms with Gasteiger partial charge in [0.05, 0.1) is 5.71 Å². The van der Waals surface area contributed by atoms with Crippen LogP contribution in [0.2, 0.25) is 0 Å². The van der Waals surface area contributed by atoms with E-state index >= 15 is 0 Å². The molecule has 29 heavy (non-hydrogen) atoms. The smallest absolute Gasteiger partial charge is 0.318 e. The number of carbonyl (C=O) groups excluding carboxylic acids is 1. The predicted molar refractivity (Wildman–Crippen MR) is 116 cm³/mol. The Kier molecular flexibility index (Phi) is 4.97. The SMILES string of the molecule is Cc1cc2c(n1-c1ccccc1)CC(C)(C)C/C2=N\OC(=O)Nc1ccccc1. The number of anilines is 1. The number of aryl methyl sites for hydroxylation is 1. The lowest BCUT2D eigenvalue weighted by Gasteiger charge is -2.31. The molecule has 5 nitrogen and oxygen atoms in total. The highest BCUT2D eigenvalue weighted by Crippen LogP contribution is 2.38. The Bertz CT molecular complexity index is 1050. The highest BCUT2D eigenvalue weighted by Gasteiger charge is 2.33. The second-order valence-corrected chi connectivity index (χ2v) is 8.24. The molecule has 0 aliphatic heterocycles. The molecule has 1 aliphatic rings. The van der Waals surface area contributed by atoms with Gasteiger partial charge in [-0.25, -0.2) is 4.79 Å². The van der Waals surface area contributed by atoms with Crippen molar-refractivity contribution >= 4 is 17.5 Å². The van der Waals surface area contributed by atoms with E-state index in [-0.39, 0.29) is 5.41 Å². The Balaban J connectivity index is 1.64. The van der Waals surface area contributed by atoms with Gasteiger partial charge in [-0.1, -0.05) is 55.4 Å². The zero-order valence-electron chi connectivity index (χ0n) is 17.0. The van der Waals surface area contributed by atoms with Gasteiger partial charge in [0.15, 0.2) is 0 Å². The molecule has 0 saturated heterocycles. The van der Waals surface area contributed by atoms with Gasteiger partial charge in [-0.05, 0) is 55.5 Å². The van der Waals surface area contributed by atoms with Gasteiger partial charge in [-0.15, -0.1) is 0 Å². The number of rotatable bonds is 3. The van der Waals surface area contributed by atoms with Crippen molar-refractivity contribution in [2.45, 2.75) is 33.6 Å². The molecule has 0 fully saturated rings. The summed E-state index contributed by atoms with van der Waals surface area (Å²) in [6.45, 7) is 6.53. The standard InChI is InChI=1S/C24H25N3O2/c1-17-14-20-21(26-29-23(28)25-18-10-6-4-7-11-18)15-24(2,3)16-22(20)27(17)19-12-8-5-9-13-19/h4-14H,15-16H2,1-3H3,(H,25,28)/b26-21+. The van der Waals surface area contributed by atoms with Crippen LogP contribution in [0.15, 0.2) is 71.9 Å². The fourth-order valence-corrected chi connectivity index (χ4v) is 3.96. The number of hydrogen-bond acceptors (Lipinski definition) is 3. The second-order valence-electron chi connectivity index (χ2n) is 8.24. The number of aromatic nitrogens is 1. The van der Waals surface area contributed by atoms with Crippen molar-refractivity contribution in [2.24, 2.45) is 10.6 Å². The van der Waals surface area contributed by atoms with Gasteiger partial charge >= 0.3 is 6.09 Å². The van der Waals surface area contributed by atoms with Crippen molar-refractivity contribution in [3.63, 3.8) is 0 Å². The van der Waals surface area contributed by atoms with Gasteiger partial charge in [0, 0.05) is 28.3 Å². The molecule has 5 heteroatoms. The summed E-state index contributed by atoms with van der Waals surface area (Å²) in [5.41, 5.74) is 6.02. The first-order chi connectivity index (χ1) is 13.9. The molecular weight excluding hydrogens is 362 g/mol. The van der Waals surface area contributed by atoms with Crippen LogP contribution < -0.4 is 5.32 Å². The highest BCUT2D eigenvalue weighted by atomic mass is 16.7. The van der Waals surface area contributed by atoms with Crippen LogP contribution in [-0.4, -0.2) is 16.4 Å². The molecule has 1 aliphatic carbocycles. The third kappa shape index (κ3) is 4.09. The van der Waals surface area contributed by atoms with Crippen molar-refractivity contribution in [3.8, 4) is 5.69 Å². The van der Waals surface area contributed by atoms with E-state index in [1.165, 1.54) is 5.69 Å². The number of carbonyl (C=O) groups is 1. The maximum absolute atomic E-state index is 12.2. The van der Waals surface area contributed by atoms with E-state index in [4.69, 9.17) is 4.84 Å². The average Bonchev–Trinajstić information content (AvgIpc) is 3.02. The van der Waals surface area contributed by atoms with Crippen LogP contribution in [0.5, 0.6) is 0 Å². The Labute approximate surface area is 171 Å². The minimum atomic E-state index is -0.590. The van der Waals surface area contributed by atoms with Crippen molar-refractivity contribution < 1.29 is 9.63 Å². The van der Waals surface area contributed by atoms with Gasteiger partial charge < -0.3 is 4.57 Å². The van der Waals surface area contributed by atoms with Crippen LogP contribution in [0.1, 0.15) is 37.2 Å². The summed E-state index contributed by atoms with van der Waals surface area (Å²) in [6, 6.07) is 21.7. The average molecular weight is 387 g/mol. The van der Waals surface area contributed by atoms with Crippen molar-refractivity contribution in [1.82, 2.24) is 4.57 Å². The first-order valence-corrected chi connectivity index (χ1v) is 9.80. The van der Waals surface area contributed by atoms with Crippen LogP contribution in [-0.2, 0) is 11.3 Å². The van der Waals surface area contributed by atoms with Crippen LogP contribution in [0, 0.1) is 12.3 Å². The molecule has 3 aromatic rings. The van der Waals surface area contributed by atoms with Crippen LogP contribution in [0.25, 0.3) is 5.69 Å². The number of amides is 1. The van der Waals surface area contributed by atoms with Crippen molar-refractivity contribution in [3.05, 3.63) is 83.7 Å². The zero-order chi connectivity index (χ0) is 20.4. The Morgan fingerprint density at radius 3 is 2.38 bits per heavy atom. The van der Waals surface area contributed by atoms with E-state index in [0.717, 1.165) is 35.5 Å². The summed E-state index contributed by atoms with van der Waals surface area (Å²) in [4.78, 5) is 17.4. The minimum absolute atomic E-state index is 0.0163. The van der Waals surface area contributed by atoms with Gasteiger partial charge in [0.2, 0.25) is 0 Å². The molecule has 2 aromatic carbocycles. The van der Waals surface area contributed by atoms with E-state index in [1.807, 2.05) is 36.4 Å². The normalized spacial score (nSPS) is 16.3. The number of oxime groups is 1. The maximum Gasteiger partial charge on any atom is 0.437 e. The first kappa shape index (κ1) is 19.0. The molecule has 4 rings (SSSR count). The molecule has 1 aromatic heterocycles. The molecule has 148 valence electrons. The minimum Gasteiger partial charge on any atom is -0.318 e. The van der Waals surface area contributed by atoms with Crippen LogP contribution in [0.4, 0.5) is 10.5 Å². The van der Waals surface area contributed by atoms with Crippen LogP contribution in [0.3, 0.4) is 0 Å². The monoisotopic (exact) mass is 387 g/mol. The second kappa shape index (κ2) is 7.59. The first-order valence-electron chi connectivity index (χ1n) is 9.80. The number of para-hydroxylation sites is 2. The van der Waals surface area contributed by atoms with Gasteiger partial charge in [-0.3, -0.25) is 10.2 Å². The summed E-state index contributed by atoms with van der Waals surface area (Å²) in [6.07, 6.45) is 1.09. The largest absolute Gasteiger partial charge is 0.437 e. The number of benzene rings is 2. The lowest BCUT2D eigenvalue weighted by atomic mass is 9.76. The zero-order valence-corrected chi connectivity index (χ0v) is 17.0. The number of hydrogen-bond donors (Lipinski definition) is 1. The van der Waals surface area contributed by atoms with E-state index in [2.05, 4.69) is 54.0 Å². The molecular formula is C24H25N3O2. The van der Waals surface area contributed by atoms with Gasteiger partial charge in [0.25, 0.3) is 0 Å². The molecule has 0 spiro atoms. The molecule has 0 radical (unpaired) electrons. The van der Waals surface area contributed by atoms with Gasteiger partial charge in [0.1, 0.15) is 0 Å². The fraction of sp³-hybridized carbons (Fsp3) is 0.250. The van der Waals surface area contributed by atoms with E-state index in [0.29, 0.717) is 5.69 Å².